The quantitative estimate of drug-likeness (QED) is 0.774. The van der Waals surface area contributed by atoms with E-state index >= 15 is 0 Å². The molecule has 1 fully saturated rings. The summed E-state index contributed by atoms with van der Waals surface area (Å²) in [6.07, 6.45) is 3.56. The van der Waals surface area contributed by atoms with Gasteiger partial charge in [-0.2, -0.15) is 0 Å². The molecule has 1 aliphatic rings. The molecule has 4 N–H and O–H groups in total. The first-order chi connectivity index (χ1) is 10.1. The maximum atomic E-state index is 12.7. The van der Waals surface area contributed by atoms with Crippen molar-refractivity contribution in [3.05, 3.63) is 29.8 Å². The molecule has 5 nitrogen and oxygen atoms in total. The summed E-state index contributed by atoms with van der Waals surface area (Å²) in [4.78, 5) is 23.9. The summed E-state index contributed by atoms with van der Waals surface area (Å²) in [6.45, 7) is 3.84. The molecule has 0 aromatic heterocycles. The van der Waals surface area contributed by atoms with Crippen LogP contribution < -0.4 is 16.4 Å². The number of hydrogen-bond acceptors (Lipinski definition) is 3. The van der Waals surface area contributed by atoms with Gasteiger partial charge in [-0.3, -0.25) is 9.59 Å². The molecule has 1 aliphatic heterocycles. The van der Waals surface area contributed by atoms with Crippen LogP contribution in [0.3, 0.4) is 0 Å². The molecule has 0 unspecified atom stereocenters. The number of piperidine rings is 1. The van der Waals surface area contributed by atoms with Crippen molar-refractivity contribution in [2.45, 2.75) is 32.6 Å². The molecule has 0 radical (unpaired) electrons. The van der Waals surface area contributed by atoms with E-state index in [2.05, 4.69) is 17.6 Å². The van der Waals surface area contributed by atoms with Crippen LogP contribution in [0.2, 0.25) is 0 Å². The molecule has 0 aliphatic carbocycles. The fourth-order valence-corrected chi connectivity index (χ4v) is 2.99. The number of hydrogen-bond donors (Lipinski definition) is 3. The number of anilines is 1. The average Bonchev–Trinajstić information content (AvgIpc) is 2.48. The van der Waals surface area contributed by atoms with Crippen LogP contribution in [0.15, 0.2) is 24.3 Å². The third-order valence-corrected chi connectivity index (χ3v) is 4.18. The number of benzene rings is 1. The number of primary amides is 1. The standard InChI is InChI=1S/C16H23N3O2/c1-2-6-16(7-9-18-10-8-16)15(21)19-13-5-3-4-12(11-13)14(17)20/h3-5,11,18H,2,6-10H2,1H3,(H2,17,20)(H,19,21). The van der Waals surface area contributed by atoms with Gasteiger partial charge in [-0.15, -0.1) is 0 Å². The first-order valence-corrected chi connectivity index (χ1v) is 7.49. The molecule has 1 aromatic carbocycles. The molecule has 1 aromatic rings. The van der Waals surface area contributed by atoms with Gasteiger partial charge in [-0.25, -0.2) is 0 Å². The van der Waals surface area contributed by atoms with E-state index in [1.54, 1.807) is 24.3 Å². The second-order valence-electron chi connectivity index (χ2n) is 5.68. The number of carbonyl (C=O) groups is 2. The van der Waals surface area contributed by atoms with Crippen molar-refractivity contribution in [3.63, 3.8) is 0 Å². The Bertz CT molecular complexity index is 516. The minimum Gasteiger partial charge on any atom is -0.366 e. The molecule has 1 saturated heterocycles. The Balaban J connectivity index is 2.15. The van der Waals surface area contributed by atoms with Gasteiger partial charge in [-0.05, 0) is 50.6 Å². The number of rotatable bonds is 5. The fourth-order valence-electron chi connectivity index (χ4n) is 2.99. The molecule has 2 rings (SSSR count). The van der Waals surface area contributed by atoms with Gasteiger partial charge < -0.3 is 16.4 Å². The lowest BCUT2D eigenvalue weighted by Crippen LogP contribution is -2.44. The Hall–Kier alpha value is -1.88. The molecular weight excluding hydrogens is 266 g/mol. The predicted molar refractivity (Wildman–Crippen MR) is 83.0 cm³/mol. The van der Waals surface area contributed by atoms with Crippen molar-refractivity contribution in [3.8, 4) is 0 Å². The molecule has 2 amide bonds. The topological polar surface area (TPSA) is 84.2 Å². The second kappa shape index (κ2) is 6.72. The van der Waals surface area contributed by atoms with Gasteiger partial charge in [0.1, 0.15) is 0 Å². The maximum Gasteiger partial charge on any atom is 0.248 e. The first kappa shape index (κ1) is 15.5. The van der Waals surface area contributed by atoms with E-state index < -0.39 is 5.91 Å². The van der Waals surface area contributed by atoms with Gasteiger partial charge in [0, 0.05) is 11.3 Å². The highest BCUT2D eigenvalue weighted by Gasteiger charge is 2.38. The minimum absolute atomic E-state index is 0.0486. The van der Waals surface area contributed by atoms with Crippen LogP contribution in [0.4, 0.5) is 5.69 Å². The summed E-state index contributed by atoms with van der Waals surface area (Å²) in [5, 5.41) is 6.26. The van der Waals surface area contributed by atoms with Gasteiger partial charge in [0.05, 0.1) is 5.41 Å². The SMILES string of the molecule is CCCC1(C(=O)Nc2cccc(C(N)=O)c2)CCNCC1. The number of amides is 2. The molecule has 0 atom stereocenters. The van der Waals surface area contributed by atoms with E-state index in [1.807, 2.05) is 0 Å². The summed E-state index contributed by atoms with van der Waals surface area (Å²) in [5.41, 5.74) is 6.00. The summed E-state index contributed by atoms with van der Waals surface area (Å²) >= 11 is 0. The van der Waals surface area contributed by atoms with E-state index in [-0.39, 0.29) is 11.3 Å². The third kappa shape index (κ3) is 3.61. The van der Waals surface area contributed by atoms with E-state index in [1.165, 1.54) is 0 Å². The predicted octanol–water partition coefficient (Wildman–Crippen LogP) is 1.89. The highest BCUT2D eigenvalue weighted by molar-refractivity contribution is 5.98. The van der Waals surface area contributed by atoms with Crippen LogP contribution in [0.1, 0.15) is 43.0 Å². The van der Waals surface area contributed by atoms with Crippen molar-refractivity contribution < 1.29 is 9.59 Å². The van der Waals surface area contributed by atoms with E-state index in [4.69, 9.17) is 5.73 Å². The second-order valence-corrected chi connectivity index (χ2v) is 5.68. The Morgan fingerprint density at radius 1 is 1.33 bits per heavy atom. The van der Waals surface area contributed by atoms with Crippen LogP contribution in [0, 0.1) is 5.41 Å². The summed E-state index contributed by atoms with van der Waals surface area (Å²) in [5.74, 6) is -0.441. The highest BCUT2D eigenvalue weighted by Crippen LogP contribution is 2.35. The van der Waals surface area contributed by atoms with Crippen LogP contribution >= 0.6 is 0 Å². The largest absolute Gasteiger partial charge is 0.366 e. The lowest BCUT2D eigenvalue weighted by molar-refractivity contribution is -0.127. The van der Waals surface area contributed by atoms with E-state index in [9.17, 15) is 9.59 Å². The van der Waals surface area contributed by atoms with Gasteiger partial charge >= 0.3 is 0 Å². The van der Waals surface area contributed by atoms with Crippen LogP contribution in [-0.4, -0.2) is 24.9 Å². The monoisotopic (exact) mass is 289 g/mol. The van der Waals surface area contributed by atoms with E-state index in [0.717, 1.165) is 38.8 Å². The fraction of sp³-hybridized carbons (Fsp3) is 0.500. The molecule has 21 heavy (non-hydrogen) atoms. The zero-order valence-electron chi connectivity index (χ0n) is 12.4. The highest BCUT2D eigenvalue weighted by atomic mass is 16.2. The smallest absolute Gasteiger partial charge is 0.248 e. The lowest BCUT2D eigenvalue weighted by Gasteiger charge is -2.36. The molecule has 5 heteroatoms. The van der Waals surface area contributed by atoms with Crippen LogP contribution in [-0.2, 0) is 4.79 Å². The maximum absolute atomic E-state index is 12.7. The Morgan fingerprint density at radius 3 is 2.67 bits per heavy atom. The number of carbonyl (C=O) groups excluding carboxylic acids is 2. The average molecular weight is 289 g/mol. The zero-order valence-corrected chi connectivity index (χ0v) is 12.4. The molecule has 0 bridgehead atoms. The van der Waals surface area contributed by atoms with Crippen molar-refractivity contribution in [2.24, 2.45) is 11.1 Å². The van der Waals surface area contributed by atoms with Gasteiger partial charge in [0.15, 0.2) is 0 Å². The van der Waals surface area contributed by atoms with Crippen molar-refractivity contribution >= 4 is 17.5 Å². The normalized spacial score (nSPS) is 17.2. The van der Waals surface area contributed by atoms with Crippen molar-refractivity contribution in [1.82, 2.24) is 5.32 Å². The minimum atomic E-state index is -0.490. The third-order valence-electron chi connectivity index (χ3n) is 4.18. The van der Waals surface area contributed by atoms with Gasteiger partial charge in [0.2, 0.25) is 11.8 Å². The summed E-state index contributed by atoms with van der Waals surface area (Å²) in [6, 6.07) is 6.78. The lowest BCUT2D eigenvalue weighted by atomic mass is 9.74. The van der Waals surface area contributed by atoms with Crippen molar-refractivity contribution in [1.29, 1.82) is 0 Å². The summed E-state index contributed by atoms with van der Waals surface area (Å²) in [7, 11) is 0. The Morgan fingerprint density at radius 2 is 2.05 bits per heavy atom. The van der Waals surface area contributed by atoms with Gasteiger partial charge in [0.25, 0.3) is 0 Å². The molecule has 1 heterocycles. The summed E-state index contributed by atoms with van der Waals surface area (Å²) < 4.78 is 0. The number of nitrogens with two attached hydrogens (primary N) is 1. The molecule has 0 saturated carbocycles. The molecule has 114 valence electrons. The van der Waals surface area contributed by atoms with Crippen LogP contribution in [0.25, 0.3) is 0 Å². The molecule has 0 spiro atoms. The van der Waals surface area contributed by atoms with E-state index in [0.29, 0.717) is 11.3 Å². The Kier molecular flexibility index (Phi) is 4.96. The van der Waals surface area contributed by atoms with Crippen molar-refractivity contribution in [2.75, 3.05) is 18.4 Å². The molecular formula is C16H23N3O2. The van der Waals surface area contributed by atoms with Crippen LogP contribution in [0.5, 0.6) is 0 Å². The first-order valence-electron chi connectivity index (χ1n) is 7.49. The zero-order chi connectivity index (χ0) is 15.3. The number of nitrogens with one attached hydrogen (secondary N) is 2. The Labute approximate surface area is 125 Å². The van der Waals surface area contributed by atoms with Gasteiger partial charge in [-0.1, -0.05) is 19.4 Å².